The van der Waals surface area contributed by atoms with Crippen molar-refractivity contribution in [2.75, 3.05) is 11.9 Å². The molecule has 0 saturated heterocycles. The normalized spacial score (nSPS) is 16.6. The number of para-hydroxylation sites is 2. The predicted octanol–water partition coefficient (Wildman–Crippen LogP) is 3.77. The summed E-state index contributed by atoms with van der Waals surface area (Å²) in [4.78, 5) is 17.8. The third-order valence-electron chi connectivity index (χ3n) is 4.11. The Morgan fingerprint density at radius 3 is 2.82 bits per heavy atom. The summed E-state index contributed by atoms with van der Waals surface area (Å²) in [5.74, 6) is 1.46. The van der Waals surface area contributed by atoms with E-state index in [0.717, 1.165) is 10.6 Å². The van der Waals surface area contributed by atoms with Crippen LogP contribution in [0.5, 0.6) is 11.5 Å². The molecule has 8 nitrogen and oxygen atoms in total. The van der Waals surface area contributed by atoms with Crippen molar-refractivity contribution >= 4 is 34.1 Å². The van der Waals surface area contributed by atoms with Crippen LogP contribution in [-0.4, -0.2) is 32.9 Å². The largest absolute Gasteiger partial charge is 0.485 e. The molecular weight excluding hydrogens is 400 g/mol. The summed E-state index contributed by atoms with van der Waals surface area (Å²) < 4.78 is 17.2. The molecule has 0 fully saturated rings. The minimum absolute atomic E-state index is 0.176. The second kappa shape index (κ2) is 7.80. The Hall–Kier alpha value is -2.59. The molecule has 2 aromatic heterocycles. The molecule has 1 amide bonds. The number of benzene rings is 1. The van der Waals surface area contributed by atoms with Gasteiger partial charge in [-0.2, -0.15) is 0 Å². The zero-order valence-corrected chi connectivity index (χ0v) is 17.1. The number of ether oxygens (including phenoxy) is 2. The molecule has 0 radical (unpaired) electrons. The summed E-state index contributed by atoms with van der Waals surface area (Å²) in [5, 5.41) is 11.3. The number of rotatable bonds is 5. The molecule has 0 aliphatic carbocycles. The molecule has 1 aromatic carbocycles. The van der Waals surface area contributed by atoms with E-state index in [0.29, 0.717) is 27.7 Å². The number of aromatic nitrogens is 3. The average Bonchev–Trinajstić information content (AvgIpc) is 3.27. The van der Waals surface area contributed by atoms with Gasteiger partial charge in [-0.1, -0.05) is 23.9 Å². The number of carbonyl (C=O) groups is 1. The highest BCUT2D eigenvalue weighted by Crippen LogP contribution is 2.36. The molecule has 0 spiro atoms. The Morgan fingerprint density at radius 1 is 1.29 bits per heavy atom. The van der Waals surface area contributed by atoms with E-state index in [4.69, 9.17) is 13.9 Å². The van der Waals surface area contributed by atoms with Gasteiger partial charge in [0, 0.05) is 4.88 Å². The lowest BCUT2D eigenvalue weighted by Gasteiger charge is -2.23. The van der Waals surface area contributed by atoms with E-state index in [1.165, 1.54) is 23.1 Å². The second-order valence-electron chi connectivity index (χ2n) is 6.18. The topological polar surface area (TPSA) is 99.4 Å². The van der Waals surface area contributed by atoms with Crippen molar-refractivity contribution in [2.45, 2.75) is 37.3 Å². The molecule has 10 heteroatoms. The minimum atomic E-state index is -0.484. The van der Waals surface area contributed by atoms with E-state index < -0.39 is 11.4 Å². The lowest BCUT2D eigenvalue weighted by molar-refractivity contribution is -0.115. The van der Waals surface area contributed by atoms with Crippen LogP contribution in [0.2, 0.25) is 0 Å². The maximum Gasteiger partial charge on any atom is 0.277 e. The van der Waals surface area contributed by atoms with Gasteiger partial charge in [0.2, 0.25) is 12.0 Å². The van der Waals surface area contributed by atoms with Crippen LogP contribution >= 0.6 is 23.1 Å². The summed E-state index contributed by atoms with van der Waals surface area (Å²) in [6.45, 7) is 5.93. The average molecular weight is 419 g/mol. The van der Waals surface area contributed by atoms with Crippen molar-refractivity contribution < 1.29 is 18.7 Å². The molecule has 2 atom stereocenters. The summed E-state index contributed by atoms with van der Waals surface area (Å²) >= 11 is 2.63. The Labute approximate surface area is 169 Å². The van der Waals surface area contributed by atoms with E-state index in [9.17, 15) is 4.79 Å². The molecule has 1 aliphatic heterocycles. The zero-order chi connectivity index (χ0) is 19.7. The van der Waals surface area contributed by atoms with Crippen molar-refractivity contribution in [3.05, 3.63) is 40.7 Å². The highest BCUT2D eigenvalue weighted by Gasteiger charge is 2.28. The second-order valence-corrected chi connectivity index (χ2v) is 8.68. The number of anilines is 1. The molecule has 146 valence electrons. The number of thiazole rings is 1. The Bertz CT molecular complexity index is 984. The van der Waals surface area contributed by atoms with Crippen LogP contribution in [0.15, 0.2) is 33.9 Å². The van der Waals surface area contributed by atoms with Gasteiger partial charge < -0.3 is 19.2 Å². The Morgan fingerprint density at radius 2 is 2.07 bits per heavy atom. The number of hydrogen-bond acceptors (Lipinski definition) is 9. The first-order valence-corrected chi connectivity index (χ1v) is 10.3. The van der Waals surface area contributed by atoms with Gasteiger partial charge in [0.25, 0.3) is 11.1 Å². The zero-order valence-electron chi connectivity index (χ0n) is 15.5. The van der Waals surface area contributed by atoms with Gasteiger partial charge >= 0.3 is 0 Å². The molecular formula is C18H18N4O4S2. The van der Waals surface area contributed by atoms with Gasteiger partial charge in [0.15, 0.2) is 16.6 Å². The van der Waals surface area contributed by atoms with Crippen LogP contribution in [0.25, 0.3) is 0 Å². The highest BCUT2D eigenvalue weighted by molar-refractivity contribution is 8.00. The quantitative estimate of drug-likeness (QED) is 0.625. The number of thioether (sulfide) groups is 1. The van der Waals surface area contributed by atoms with E-state index in [-0.39, 0.29) is 12.5 Å². The fourth-order valence-electron chi connectivity index (χ4n) is 2.48. The fraction of sp³-hybridized carbons (Fsp3) is 0.333. The van der Waals surface area contributed by atoms with Gasteiger partial charge in [-0.25, -0.2) is 4.98 Å². The number of nitrogens with zero attached hydrogens (tertiary/aromatic N) is 3. The predicted molar refractivity (Wildman–Crippen MR) is 105 cm³/mol. The molecule has 1 aliphatic rings. The molecule has 2 unspecified atom stereocenters. The molecule has 1 N–H and O–H groups in total. The van der Waals surface area contributed by atoms with Gasteiger partial charge in [0.05, 0.1) is 10.9 Å². The van der Waals surface area contributed by atoms with E-state index in [1.54, 1.807) is 6.92 Å². The maximum atomic E-state index is 12.4. The smallest absolute Gasteiger partial charge is 0.277 e. The van der Waals surface area contributed by atoms with Crippen LogP contribution in [0.1, 0.15) is 29.5 Å². The molecule has 3 aromatic rings. The Kier molecular flexibility index (Phi) is 5.23. The first kappa shape index (κ1) is 18.8. The van der Waals surface area contributed by atoms with Gasteiger partial charge in [0.1, 0.15) is 6.61 Å². The maximum absolute atomic E-state index is 12.4. The van der Waals surface area contributed by atoms with Crippen molar-refractivity contribution in [3.8, 4) is 11.5 Å². The van der Waals surface area contributed by atoms with Gasteiger partial charge in [-0.05, 0) is 32.9 Å². The lowest BCUT2D eigenvalue weighted by Crippen LogP contribution is -2.22. The van der Waals surface area contributed by atoms with Crippen LogP contribution < -0.4 is 14.8 Å². The first-order valence-electron chi connectivity index (χ1n) is 8.63. The molecule has 0 saturated carbocycles. The van der Waals surface area contributed by atoms with Crippen molar-refractivity contribution in [1.82, 2.24) is 15.2 Å². The third kappa shape index (κ3) is 3.97. The van der Waals surface area contributed by atoms with Crippen molar-refractivity contribution in [2.24, 2.45) is 0 Å². The monoisotopic (exact) mass is 418 g/mol. The van der Waals surface area contributed by atoms with Crippen molar-refractivity contribution in [1.29, 1.82) is 0 Å². The summed E-state index contributed by atoms with van der Waals surface area (Å²) in [7, 11) is 0. The first-order chi connectivity index (χ1) is 13.5. The number of aryl methyl sites for hydroxylation is 2. The standard InChI is InChI=1S/C18H18N4O4S2/c1-9-10(2)27-17(19-9)20-15(23)11(3)28-18-22-21-16(26-18)14-8-24-12-6-4-5-7-13(12)25-14/h4-7,11,14H,8H2,1-3H3,(H,19,20,23). The summed E-state index contributed by atoms with van der Waals surface area (Å²) in [6, 6.07) is 7.41. The minimum Gasteiger partial charge on any atom is -0.485 e. The van der Waals surface area contributed by atoms with Gasteiger partial charge in [-0.3, -0.25) is 4.79 Å². The summed E-state index contributed by atoms with van der Waals surface area (Å²) in [5.41, 5.74) is 0.915. The number of carbonyl (C=O) groups excluding carboxylic acids is 1. The number of fused-ring (bicyclic) bond motifs is 1. The van der Waals surface area contributed by atoms with Crippen LogP contribution in [0.3, 0.4) is 0 Å². The van der Waals surface area contributed by atoms with Crippen molar-refractivity contribution in [3.63, 3.8) is 0 Å². The van der Waals surface area contributed by atoms with Crippen LogP contribution in [-0.2, 0) is 4.79 Å². The Balaban J connectivity index is 1.37. The summed E-state index contributed by atoms with van der Waals surface area (Å²) in [6.07, 6.45) is -0.484. The van der Waals surface area contributed by atoms with Crippen LogP contribution in [0.4, 0.5) is 5.13 Å². The molecule has 3 heterocycles. The molecule has 28 heavy (non-hydrogen) atoms. The third-order valence-corrected chi connectivity index (χ3v) is 6.03. The SMILES string of the molecule is Cc1nc(NC(=O)C(C)Sc2nnc(C3COc4ccccc4O3)o2)sc1C. The van der Waals surface area contributed by atoms with E-state index >= 15 is 0 Å². The van der Waals surface area contributed by atoms with E-state index in [1.807, 2.05) is 38.1 Å². The number of hydrogen-bond donors (Lipinski definition) is 1. The fourth-order valence-corrected chi connectivity index (χ4v) is 3.98. The highest BCUT2D eigenvalue weighted by atomic mass is 32.2. The van der Waals surface area contributed by atoms with Gasteiger partial charge in [-0.15, -0.1) is 21.5 Å². The number of amides is 1. The molecule has 0 bridgehead atoms. The lowest BCUT2D eigenvalue weighted by atomic mass is 10.2. The van der Waals surface area contributed by atoms with E-state index in [2.05, 4.69) is 20.5 Å². The number of nitrogens with one attached hydrogen (secondary N) is 1. The van der Waals surface area contributed by atoms with Crippen LogP contribution in [0, 0.1) is 13.8 Å². The molecule has 4 rings (SSSR count).